The van der Waals surface area contributed by atoms with Crippen LogP contribution in [0.25, 0.3) is 6.08 Å². The van der Waals surface area contributed by atoms with Crippen LogP contribution in [0.5, 0.6) is 0 Å². The number of aliphatic carboxylic acids is 1. The van der Waals surface area contributed by atoms with Crippen molar-refractivity contribution >= 4 is 18.0 Å². The van der Waals surface area contributed by atoms with E-state index in [1.165, 1.54) is 6.08 Å². The Morgan fingerprint density at radius 2 is 1.55 bits per heavy atom. The van der Waals surface area contributed by atoms with Crippen LogP contribution in [0.1, 0.15) is 17.5 Å². The van der Waals surface area contributed by atoms with Gasteiger partial charge in [-0.1, -0.05) is 60.7 Å². The van der Waals surface area contributed by atoms with E-state index in [4.69, 9.17) is 0 Å². The maximum Gasteiger partial charge on any atom is 0.332 e. The van der Waals surface area contributed by atoms with Gasteiger partial charge in [0.15, 0.2) is 0 Å². The van der Waals surface area contributed by atoms with Gasteiger partial charge < -0.3 is 10.4 Å². The molecule has 4 heteroatoms. The van der Waals surface area contributed by atoms with Crippen LogP contribution in [-0.4, -0.2) is 17.0 Å². The minimum absolute atomic E-state index is 0.0664. The third-order valence-electron chi connectivity index (χ3n) is 3.10. The maximum atomic E-state index is 11.9. The molecule has 0 bridgehead atoms. The molecule has 0 fully saturated rings. The van der Waals surface area contributed by atoms with Gasteiger partial charge in [0.05, 0.1) is 6.42 Å². The van der Waals surface area contributed by atoms with Gasteiger partial charge in [-0.2, -0.15) is 0 Å². The van der Waals surface area contributed by atoms with Crippen molar-refractivity contribution in [2.75, 3.05) is 0 Å². The Bertz CT molecular complexity index is 663. The lowest BCUT2D eigenvalue weighted by atomic mass is 10.1. The fourth-order valence-corrected chi connectivity index (χ4v) is 1.97. The molecule has 112 valence electrons. The van der Waals surface area contributed by atoms with Crippen LogP contribution in [0, 0.1) is 0 Å². The quantitative estimate of drug-likeness (QED) is 0.805. The molecule has 4 nitrogen and oxygen atoms in total. The lowest BCUT2D eigenvalue weighted by Crippen LogP contribution is -2.24. The number of carboxylic acid groups (broad SMARTS) is 1. The average Bonchev–Trinajstić information content (AvgIpc) is 2.54. The van der Waals surface area contributed by atoms with Gasteiger partial charge >= 0.3 is 5.97 Å². The molecule has 0 aliphatic rings. The lowest BCUT2D eigenvalue weighted by Gasteiger charge is -2.06. The van der Waals surface area contributed by atoms with E-state index in [-0.39, 0.29) is 17.9 Å². The second-order valence-corrected chi connectivity index (χ2v) is 4.82. The minimum atomic E-state index is -1.08. The maximum absolute atomic E-state index is 11.9. The molecule has 0 spiro atoms. The molecule has 2 aromatic carbocycles. The number of hydrogen-bond acceptors (Lipinski definition) is 2. The van der Waals surface area contributed by atoms with Crippen LogP contribution >= 0.6 is 0 Å². The van der Waals surface area contributed by atoms with Crippen molar-refractivity contribution in [1.82, 2.24) is 5.32 Å². The third kappa shape index (κ3) is 4.90. The summed E-state index contributed by atoms with van der Waals surface area (Å²) in [5.41, 5.74) is 1.80. The van der Waals surface area contributed by atoms with E-state index in [2.05, 4.69) is 5.32 Å². The molecule has 2 rings (SSSR count). The number of hydrogen-bond donors (Lipinski definition) is 2. The molecular formula is C18H17NO3. The van der Waals surface area contributed by atoms with Gasteiger partial charge in [-0.05, 0) is 17.2 Å². The summed E-state index contributed by atoms with van der Waals surface area (Å²) in [6.45, 7) is 0.387. The molecule has 0 unspecified atom stereocenters. The van der Waals surface area contributed by atoms with E-state index in [0.29, 0.717) is 6.54 Å². The van der Waals surface area contributed by atoms with Crippen LogP contribution in [0.2, 0.25) is 0 Å². The molecule has 0 atom stereocenters. The summed E-state index contributed by atoms with van der Waals surface area (Å²) < 4.78 is 0. The predicted molar refractivity (Wildman–Crippen MR) is 85.0 cm³/mol. The summed E-state index contributed by atoms with van der Waals surface area (Å²) >= 11 is 0. The first-order valence-corrected chi connectivity index (χ1v) is 6.94. The summed E-state index contributed by atoms with van der Waals surface area (Å²) in [4.78, 5) is 23.2. The van der Waals surface area contributed by atoms with Crippen LogP contribution in [0.3, 0.4) is 0 Å². The smallest absolute Gasteiger partial charge is 0.332 e. The van der Waals surface area contributed by atoms with E-state index in [9.17, 15) is 14.7 Å². The molecule has 1 amide bonds. The molecule has 0 saturated heterocycles. The van der Waals surface area contributed by atoms with Gasteiger partial charge in [0, 0.05) is 12.1 Å². The standard InChI is InChI=1S/C18H17NO3/c20-17(19-13-15-9-5-2-6-10-15)12-16(18(21)22)11-14-7-3-1-4-8-14/h1-11H,12-13H2,(H,19,20)(H,21,22)/b16-11-. The molecule has 0 aliphatic carbocycles. The molecule has 0 radical (unpaired) electrons. The molecule has 2 aromatic rings. The topological polar surface area (TPSA) is 66.4 Å². The second kappa shape index (κ2) is 7.78. The van der Waals surface area contributed by atoms with Crippen molar-refractivity contribution in [3.05, 3.63) is 77.4 Å². The highest BCUT2D eigenvalue weighted by molar-refractivity contribution is 5.98. The summed E-state index contributed by atoms with van der Waals surface area (Å²) in [7, 11) is 0. The highest BCUT2D eigenvalue weighted by Crippen LogP contribution is 2.10. The fraction of sp³-hybridized carbons (Fsp3) is 0.111. The number of amides is 1. The zero-order valence-corrected chi connectivity index (χ0v) is 12.0. The van der Waals surface area contributed by atoms with Gasteiger partial charge in [-0.25, -0.2) is 4.79 Å². The van der Waals surface area contributed by atoms with Gasteiger partial charge in [0.2, 0.25) is 5.91 Å². The summed E-state index contributed by atoms with van der Waals surface area (Å²) in [5, 5.41) is 11.9. The Labute approximate surface area is 129 Å². The first-order valence-electron chi connectivity index (χ1n) is 6.94. The van der Waals surface area contributed by atoms with E-state index in [1.54, 1.807) is 12.1 Å². The Balaban J connectivity index is 1.98. The summed E-state index contributed by atoms with van der Waals surface area (Å²) in [6, 6.07) is 18.6. The van der Waals surface area contributed by atoms with Crippen molar-refractivity contribution in [1.29, 1.82) is 0 Å². The zero-order chi connectivity index (χ0) is 15.8. The van der Waals surface area contributed by atoms with Crippen molar-refractivity contribution < 1.29 is 14.7 Å². The first-order chi connectivity index (χ1) is 10.6. The highest BCUT2D eigenvalue weighted by atomic mass is 16.4. The number of carbonyl (C=O) groups is 2. The minimum Gasteiger partial charge on any atom is -0.478 e. The van der Waals surface area contributed by atoms with Gasteiger partial charge in [0.25, 0.3) is 0 Å². The Morgan fingerprint density at radius 3 is 2.14 bits per heavy atom. The van der Waals surface area contributed by atoms with Gasteiger partial charge in [-0.15, -0.1) is 0 Å². The summed E-state index contributed by atoms with van der Waals surface area (Å²) in [5.74, 6) is -1.40. The van der Waals surface area contributed by atoms with Crippen molar-refractivity contribution in [2.24, 2.45) is 0 Å². The number of carbonyl (C=O) groups excluding carboxylic acids is 1. The van der Waals surface area contributed by atoms with Crippen molar-refractivity contribution in [2.45, 2.75) is 13.0 Å². The van der Waals surface area contributed by atoms with E-state index >= 15 is 0 Å². The van der Waals surface area contributed by atoms with Gasteiger partial charge in [-0.3, -0.25) is 4.79 Å². The normalized spacial score (nSPS) is 11.0. The number of benzene rings is 2. The van der Waals surface area contributed by atoms with E-state index in [1.807, 2.05) is 48.5 Å². The largest absolute Gasteiger partial charge is 0.478 e. The monoisotopic (exact) mass is 295 g/mol. The van der Waals surface area contributed by atoms with E-state index in [0.717, 1.165) is 11.1 Å². The molecular weight excluding hydrogens is 278 g/mol. The van der Waals surface area contributed by atoms with Crippen molar-refractivity contribution in [3.63, 3.8) is 0 Å². The molecule has 0 aliphatic heterocycles. The second-order valence-electron chi connectivity index (χ2n) is 4.82. The fourth-order valence-electron chi connectivity index (χ4n) is 1.97. The highest BCUT2D eigenvalue weighted by Gasteiger charge is 2.12. The van der Waals surface area contributed by atoms with Crippen molar-refractivity contribution in [3.8, 4) is 0 Å². The van der Waals surface area contributed by atoms with Crippen LogP contribution < -0.4 is 5.32 Å². The Hall–Kier alpha value is -2.88. The molecule has 22 heavy (non-hydrogen) atoms. The van der Waals surface area contributed by atoms with Crippen LogP contribution in [0.15, 0.2) is 66.2 Å². The van der Waals surface area contributed by atoms with Crippen LogP contribution in [0.4, 0.5) is 0 Å². The Kier molecular flexibility index (Phi) is 5.49. The van der Waals surface area contributed by atoms with E-state index < -0.39 is 5.97 Å². The number of carboxylic acids is 1. The zero-order valence-electron chi connectivity index (χ0n) is 12.0. The molecule has 2 N–H and O–H groups in total. The number of nitrogens with one attached hydrogen (secondary N) is 1. The SMILES string of the molecule is O=C(C/C(=C/c1ccccc1)C(=O)O)NCc1ccccc1. The third-order valence-corrected chi connectivity index (χ3v) is 3.10. The molecule has 0 heterocycles. The lowest BCUT2D eigenvalue weighted by molar-refractivity contribution is -0.134. The van der Waals surface area contributed by atoms with Gasteiger partial charge in [0.1, 0.15) is 0 Å². The Morgan fingerprint density at radius 1 is 0.955 bits per heavy atom. The average molecular weight is 295 g/mol. The molecule has 0 saturated carbocycles. The summed E-state index contributed by atoms with van der Waals surface area (Å²) in [6.07, 6.45) is 1.36. The predicted octanol–water partition coefficient (Wildman–Crippen LogP) is 2.86. The van der Waals surface area contributed by atoms with Crippen LogP contribution in [-0.2, 0) is 16.1 Å². The number of rotatable bonds is 6. The first kappa shape index (κ1) is 15.5. The molecule has 0 aromatic heterocycles.